The first-order chi connectivity index (χ1) is 21.2. The van der Waals surface area contributed by atoms with E-state index >= 15 is 0 Å². The van der Waals surface area contributed by atoms with E-state index < -0.39 is 57.8 Å². The molecule has 0 bridgehead atoms. The Morgan fingerprint density at radius 3 is 1.75 bits per heavy atom. The van der Waals surface area contributed by atoms with E-state index in [0.717, 1.165) is 49.9 Å². The van der Waals surface area contributed by atoms with Gasteiger partial charge in [-0.15, -0.1) is 0 Å². The first kappa shape index (κ1) is 35.8. The topological polar surface area (TPSA) is 109 Å². The van der Waals surface area contributed by atoms with Crippen LogP contribution in [-0.2, 0) is 33.8 Å². The Balaban J connectivity index is 2.08. The van der Waals surface area contributed by atoms with E-state index in [9.17, 15) is 33.4 Å². The number of benzene rings is 3. The van der Waals surface area contributed by atoms with Crippen LogP contribution in [0, 0.1) is 17.5 Å². The van der Waals surface area contributed by atoms with Gasteiger partial charge in [-0.05, 0) is 82.3 Å². The first-order valence-electron chi connectivity index (χ1n) is 15.0. The molecular formula is C31H40B3F3O7. The van der Waals surface area contributed by atoms with Gasteiger partial charge < -0.3 is 34.2 Å². The summed E-state index contributed by atoms with van der Waals surface area (Å²) >= 11 is 0. The predicted molar refractivity (Wildman–Crippen MR) is 166 cm³/mol. The van der Waals surface area contributed by atoms with Crippen LogP contribution in [0.5, 0.6) is 0 Å². The molecule has 13 heteroatoms. The zero-order valence-corrected chi connectivity index (χ0v) is 25.2. The largest absolute Gasteiger partial charge is 0.491 e. The van der Waals surface area contributed by atoms with Crippen molar-refractivity contribution < 1.29 is 47.4 Å². The van der Waals surface area contributed by atoms with Gasteiger partial charge in [0.1, 0.15) is 17.5 Å². The van der Waals surface area contributed by atoms with Crippen molar-refractivity contribution in [1.82, 2.24) is 0 Å². The van der Waals surface area contributed by atoms with Gasteiger partial charge in [0.2, 0.25) is 0 Å². The van der Waals surface area contributed by atoms with Gasteiger partial charge in [-0.25, -0.2) is 13.2 Å². The van der Waals surface area contributed by atoms with E-state index in [4.69, 9.17) is 14.0 Å². The highest BCUT2D eigenvalue weighted by Crippen LogP contribution is 2.17. The van der Waals surface area contributed by atoms with Crippen LogP contribution in [0.25, 0.3) is 0 Å². The third kappa shape index (κ3) is 10.2. The molecular weight excluding hydrogens is 574 g/mol. The highest BCUT2D eigenvalue weighted by Gasteiger charge is 2.39. The fourth-order valence-corrected chi connectivity index (χ4v) is 5.01. The van der Waals surface area contributed by atoms with Gasteiger partial charge in [-0.1, -0.05) is 57.7 Å². The number of aliphatic hydroxyl groups excluding tert-OH is 2. The summed E-state index contributed by atoms with van der Waals surface area (Å²) < 4.78 is 60.5. The van der Waals surface area contributed by atoms with Crippen molar-refractivity contribution in [3.63, 3.8) is 0 Å². The Morgan fingerprint density at radius 2 is 1.20 bits per heavy atom. The Hall–Kier alpha value is -2.64. The second-order valence-corrected chi connectivity index (χ2v) is 10.7. The monoisotopic (exact) mass is 614 g/mol. The molecule has 0 aliphatic rings. The summed E-state index contributed by atoms with van der Waals surface area (Å²) in [5, 5.41) is 42.1. The minimum absolute atomic E-state index is 0.0400. The standard InChI is InChI=1S/C31H40B3F3O7/c1-3-5-7-8-31(43-33(40)29-13-10-25(35)16-22(29)19-38)32(44-34(41)30-14-11-26(36)17-23(30)20-39)28-12-9-27(37)18-24(28)21-42-15-6-4-2/h9-14,16-18,31,38-41H,3-8,15,19-21H2,1-2H3. The van der Waals surface area contributed by atoms with Crippen LogP contribution in [0.1, 0.15) is 69.1 Å². The maximum Gasteiger partial charge on any atom is 0.491 e. The molecule has 0 aliphatic carbocycles. The highest BCUT2D eigenvalue weighted by atomic mass is 19.1. The van der Waals surface area contributed by atoms with Crippen LogP contribution >= 0.6 is 0 Å². The molecule has 1 atom stereocenters. The molecule has 0 heterocycles. The van der Waals surface area contributed by atoms with E-state index in [0.29, 0.717) is 30.5 Å². The fourth-order valence-electron chi connectivity index (χ4n) is 5.01. The van der Waals surface area contributed by atoms with Crippen molar-refractivity contribution in [1.29, 1.82) is 0 Å². The molecule has 0 radical (unpaired) electrons. The van der Waals surface area contributed by atoms with Crippen molar-refractivity contribution in [3.8, 4) is 0 Å². The van der Waals surface area contributed by atoms with Gasteiger partial charge in [0.05, 0.1) is 25.8 Å². The Kier molecular flexibility index (Phi) is 15.0. The normalized spacial score (nSPS) is 11.9. The van der Waals surface area contributed by atoms with Crippen LogP contribution in [-0.4, -0.2) is 54.0 Å². The molecule has 236 valence electrons. The molecule has 4 N–H and O–H groups in total. The molecule has 0 aromatic heterocycles. The van der Waals surface area contributed by atoms with E-state index in [-0.39, 0.29) is 28.7 Å². The average molecular weight is 614 g/mol. The minimum Gasteiger partial charge on any atom is -0.466 e. The number of rotatable bonds is 19. The highest BCUT2D eigenvalue weighted by molar-refractivity contribution is 6.78. The molecule has 1 unspecified atom stereocenters. The lowest BCUT2D eigenvalue weighted by molar-refractivity contribution is 0.118. The quantitative estimate of drug-likeness (QED) is 0.122. The van der Waals surface area contributed by atoms with Gasteiger partial charge in [0.15, 0.2) is 0 Å². The molecule has 0 saturated heterocycles. The van der Waals surface area contributed by atoms with Gasteiger partial charge >= 0.3 is 21.2 Å². The maximum absolute atomic E-state index is 14.5. The second kappa shape index (κ2) is 18.4. The third-order valence-corrected chi connectivity index (χ3v) is 7.40. The number of ether oxygens (including phenoxy) is 1. The van der Waals surface area contributed by atoms with Crippen molar-refractivity contribution in [2.75, 3.05) is 6.61 Å². The summed E-state index contributed by atoms with van der Waals surface area (Å²) in [5.74, 6) is -1.70. The van der Waals surface area contributed by atoms with Crippen LogP contribution in [0.4, 0.5) is 13.2 Å². The zero-order chi connectivity index (χ0) is 32.1. The SMILES string of the molecule is CCCCCC(OB(O)c1ccc(F)cc1CO)B(OB(O)c1ccc(F)cc1CO)c1ccc(F)cc1COCCCC. The lowest BCUT2D eigenvalue weighted by Crippen LogP contribution is -2.56. The first-order valence-corrected chi connectivity index (χ1v) is 15.0. The summed E-state index contributed by atoms with van der Waals surface area (Å²) in [4.78, 5) is 0. The Bertz CT molecular complexity index is 1320. The molecule has 3 aromatic rings. The molecule has 3 aromatic carbocycles. The number of hydrogen-bond donors (Lipinski definition) is 4. The molecule has 0 saturated carbocycles. The second-order valence-electron chi connectivity index (χ2n) is 10.7. The Morgan fingerprint density at radius 1 is 0.682 bits per heavy atom. The Labute approximate surface area is 258 Å². The summed E-state index contributed by atoms with van der Waals surface area (Å²) in [7, 11) is -3.29. The van der Waals surface area contributed by atoms with Gasteiger partial charge in [0, 0.05) is 6.61 Å². The fraction of sp³-hybridized carbons (Fsp3) is 0.419. The van der Waals surface area contributed by atoms with E-state index in [1.54, 1.807) is 0 Å². The summed E-state index contributed by atoms with van der Waals surface area (Å²) in [6.45, 7) is 2.30. The van der Waals surface area contributed by atoms with Crippen molar-refractivity contribution in [2.24, 2.45) is 0 Å². The van der Waals surface area contributed by atoms with E-state index in [1.165, 1.54) is 30.3 Å². The van der Waals surface area contributed by atoms with Crippen LogP contribution in [0.2, 0.25) is 0 Å². The maximum atomic E-state index is 14.5. The molecule has 0 amide bonds. The van der Waals surface area contributed by atoms with Crippen LogP contribution in [0.15, 0.2) is 54.6 Å². The molecule has 44 heavy (non-hydrogen) atoms. The van der Waals surface area contributed by atoms with E-state index in [1.807, 2.05) is 13.8 Å². The van der Waals surface area contributed by atoms with Crippen molar-refractivity contribution in [2.45, 2.75) is 78.2 Å². The lowest BCUT2D eigenvalue weighted by atomic mass is 9.50. The number of unbranched alkanes of at least 4 members (excludes halogenated alkanes) is 3. The zero-order valence-electron chi connectivity index (χ0n) is 25.2. The number of hydrogen-bond acceptors (Lipinski definition) is 7. The van der Waals surface area contributed by atoms with Crippen LogP contribution in [0.3, 0.4) is 0 Å². The van der Waals surface area contributed by atoms with Crippen molar-refractivity contribution in [3.05, 3.63) is 88.7 Å². The van der Waals surface area contributed by atoms with Gasteiger partial charge in [-0.3, -0.25) is 0 Å². The smallest absolute Gasteiger partial charge is 0.466 e. The lowest BCUT2D eigenvalue weighted by Gasteiger charge is -2.30. The molecule has 0 spiro atoms. The summed E-state index contributed by atoms with van der Waals surface area (Å²) in [6.07, 6.45) is 4.37. The van der Waals surface area contributed by atoms with Gasteiger partial charge in [0.25, 0.3) is 0 Å². The van der Waals surface area contributed by atoms with Gasteiger partial charge in [-0.2, -0.15) is 0 Å². The van der Waals surface area contributed by atoms with Crippen LogP contribution < -0.4 is 16.4 Å². The third-order valence-electron chi connectivity index (χ3n) is 7.40. The summed E-state index contributed by atoms with van der Waals surface area (Å²) in [6, 6.07) is 10.2. The molecule has 0 fully saturated rings. The molecule has 7 nitrogen and oxygen atoms in total. The number of aliphatic hydroxyl groups is 2. The van der Waals surface area contributed by atoms with E-state index in [2.05, 4.69) is 0 Å². The summed E-state index contributed by atoms with van der Waals surface area (Å²) in [5.41, 5.74) is 1.39. The predicted octanol–water partition coefficient (Wildman–Crippen LogP) is 2.90. The number of halogens is 3. The molecule has 3 rings (SSSR count). The average Bonchev–Trinajstić information content (AvgIpc) is 3.01. The molecule has 0 aliphatic heterocycles. The minimum atomic E-state index is -1.67. The van der Waals surface area contributed by atoms with Crippen molar-refractivity contribution >= 4 is 37.5 Å².